The van der Waals surface area contributed by atoms with Gasteiger partial charge in [0.25, 0.3) is 0 Å². The van der Waals surface area contributed by atoms with Gasteiger partial charge in [-0.2, -0.15) is 13.2 Å². The van der Waals surface area contributed by atoms with E-state index in [-0.39, 0.29) is 31.0 Å². The van der Waals surface area contributed by atoms with Crippen molar-refractivity contribution in [2.45, 2.75) is 81.5 Å². The fourth-order valence-electron chi connectivity index (χ4n) is 8.62. The van der Waals surface area contributed by atoms with Crippen LogP contribution in [0.25, 0.3) is 6.08 Å². The molecule has 0 saturated carbocycles. The second kappa shape index (κ2) is 16.9. The lowest BCUT2D eigenvalue weighted by Gasteiger charge is -2.52. The Labute approximate surface area is 325 Å². The van der Waals surface area contributed by atoms with E-state index in [1.54, 1.807) is 11.0 Å². The number of piperidine rings is 2. The second-order valence-electron chi connectivity index (χ2n) is 15.2. The van der Waals surface area contributed by atoms with E-state index in [4.69, 9.17) is 4.74 Å². The van der Waals surface area contributed by atoms with Crippen LogP contribution in [0, 0.1) is 0 Å². The van der Waals surface area contributed by atoms with Gasteiger partial charge in [-0.15, -0.1) is 0 Å². The lowest BCUT2D eigenvalue weighted by Crippen LogP contribution is -2.74. The number of benzene rings is 3. The Morgan fingerprint density at radius 2 is 1.57 bits per heavy atom. The Morgan fingerprint density at radius 3 is 2.25 bits per heavy atom. The molecule has 0 spiro atoms. The molecule has 3 aromatic carbocycles. The molecular formula is C43H48F3N5O5. The summed E-state index contributed by atoms with van der Waals surface area (Å²) in [5.41, 5.74) is 1.02. The van der Waals surface area contributed by atoms with E-state index < -0.39 is 53.8 Å². The first kappa shape index (κ1) is 39.1. The number of likely N-dealkylation sites (tertiary alicyclic amines) is 3. The molecule has 4 amide bonds. The molecule has 56 heavy (non-hydrogen) atoms. The molecule has 0 bridgehead atoms. The van der Waals surface area contributed by atoms with Gasteiger partial charge in [0.15, 0.2) is 0 Å². The lowest BCUT2D eigenvalue weighted by molar-refractivity contribution is -0.167. The van der Waals surface area contributed by atoms with Crippen molar-refractivity contribution >= 4 is 29.9 Å². The van der Waals surface area contributed by atoms with Gasteiger partial charge < -0.3 is 24.3 Å². The van der Waals surface area contributed by atoms with Crippen molar-refractivity contribution in [2.24, 2.45) is 0 Å². The number of nitrogens with zero attached hydrogens (tertiary/aromatic N) is 5. The van der Waals surface area contributed by atoms with E-state index in [0.29, 0.717) is 19.1 Å². The summed E-state index contributed by atoms with van der Waals surface area (Å²) in [5, 5.41) is 0. The molecule has 4 aliphatic rings. The number of carbonyl (C=O) groups excluding carboxylic acids is 4. The maximum atomic E-state index is 14.6. The number of halogens is 3. The van der Waals surface area contributed by atoms with Gasteiger partial charge in [-0.25, -0.2) is 4.79 Å². The smallest absolute Gasteiger partial charge is 0.416 e. The fourth-order valence-corrected chi connectivity index (χ4v) is 8.62. The summed E-state index contributed by atoms with van der Waals surface area (Å²) in [6.07, 6.45) is 3.23. The summed E-state index contributed by atoms with van der Waals surface area (Å²) in [6.45, 7) is 3.01. The van der Waals surface area contributed by atoms with Crippen LogP contribution < -0.4 is 0 Å². The van der Waals surface area contributed by atoms with E-state index >= 15 is 0 Å². The molecule has 0 radical (unpaired) electrons. The van der Waals surface area contributed by atoms with Crippen molar-refractivity contribution in [1.82, 2.24) is 24.5 Å². The third-order valence-electron chi connectivity index (χ3n) is 11.6. The van der Waals surface area contributed by atoms with Gasteiger partial charge in [-0.05, 0) is 67.6 Å². The highest BCUT2D eigenvalue weighted by Crippen LogP contribution is 2.39. The Balaban J connectivity index is 1.19. The van der Waals surface area contributed by atoms with Crippen LogP contribution >= 0.6 is 0 Å². The molecule has 7 rings (SSSR count). The lowest BCUT2D eigenvalue weighted by atomic mass is 9.87. The monoisotopic (exact) mass is 771 g/mol. The molecule has 296 valence electrons. The van der Waals surface area contributed by atoms with Crippen molar-refractivity contribution in [3.8, 4) is 0 Å². The van der Waals surface area contributed by atoms with Crippen LogP contribution in [0.15, 0.2) is 91.0 Å². The minimum atomic E-state index is -4.57. The number of amides is 4. The van der Waals surface area contributed by atoms with E-state index in [0.717, 1.165) is 49.2 Å². The van der Waals surface area contributed by atoms with Gasteiger partial charge in [-0.1, -0.05) is 91.4 Å². The van der Waals surface area contributed by atoms with Gasteiger partial charge in [0, 0.05) is 32.7 Å². The third-order valence-corrected chi connectivity index (χ3v) is 11.6. The maximum absolute atomic E-state index is 14.6. The van der Waals surface area contributed by atoms with E-state index in [1.807, 2.05) is 66.7 Å². The minimum absolute atomic E-state index is 0.0374. The molecule has 0 aliphatic carbocycles. The largest absolute Gasteiger partial charge is 0.447 e. The van der Waals surface area contributed by atoms with E-state index in [9.17, 15) is 32.3 Å². The SMILES string of the molecule is CN(Cc1cccc(C(F)(F)F)c1)C(=O)C(CC(=O)N1CCC(N2CCCCC2)CC1)N1C(=O)C(N2C(=O)OC[C@@H]2c2ccccc2)C1C=Cc1ccccc1. The number of hydrogen-bond donors (Lipinski definition) is 0. The average Bonchev–Trinajstić information content (AvgIpc) is 3.59. The van der Waals surface area contributed by atoms with Crippen LogP contribution in [-0.4, -0.2) is 112 Å². The first-order chi connectivity index (χ1) is 27.0. The fraction of sp³-hybridized carbons (Fsp3) is 0.442. The summed E-state index contributed by atoms with van der Waals surface area (Å²) in [4.78, 5) is 65.1. The van der Waals surface area contributed by atoms with E-state index in [1.165, 1.54) is 53.1 Å². The Morgan fingerprint density at radius 1 is 0.893 bits per heavy atom. The normalized spacial score (nSPS) is 22.9. The maximum Gasteiger partial charge on any atom is 0.416 e. The van der Waals surface area contributed by atoms with Crippen LogP contribution in [-0.2, 0) is 31.8 Å². The molecule has 0 N–H and O–H groups in total. The van der Waals surface area contributed by atoms with Crippen molar-refractivity contribution < 1.29 is 37.1 Å². The average molecular weight is 772 g/mol. The molecule has 4 saturated heterocycles. The molecule has 13 heteroatoms. The van der Waals surface area contributed by atoms with Crippen LogP contribution in [0.3, 0.4) is 0 Å². The Bertz CT molecular complexity index is 1900. The first-order valence-corrected chi connectivity index (χ1v) is 19.5. The van der Waals surface area contributed by atoms with Crippen LogP contribution in [0.1, 0.15) is 66.8 Å². The van der Waals surface area contributed by atoms with Crippen molar-refractivity contribution in [1.29, 1.82) is 0 Å². The van der Waals surface area contributed by atoms with Gasteiger partial charge in [-0.3, -0.25) is 19.3 Å². The van der Waals surface area contributed by atoms with Crippen LogP contribution in [0.4, 0.5) is 18.0 Å². The highest BCUT2D eigenvalue weighted by molar-refractivity contribution is 5.99. The van der Waals surface area contributed by atoms with E-state index in [2.05, 4.69) is 4.90 Å². The summed E-state index contributed by atoms with van der Waals surface area (Å²) in [6, 6.07) is 20.1. The molecule has 0 aromatic heterocycles. The summed E-state index contributed by atoms with van der Waals surface area (Å²) >= 11 is 0. The standard InChI is InChI=1S/C43H48F3N5O5/c1-47(28-31-14-11-17-33(26-31)43(44,45)46)40(53)36(27-38(52)49-24-20-34(21-25-49)48-22-9-4-10-23-48)50-35(19-18-30-12-5-2-6-13-30)39(41(50)54)51-37(29-56-42(51)55)32-15-7-3-8-16-32/h2-3,5-8,11-19,26,34-37,39H,4,9-10,20-25,27-29H2,1H3/t35?,36?,37-,39?/m1/s1. The summed E-state index contributed by atoms with van der Waals surface area (Å²) in [7, 11) is 1.46. The van der Waals surface area contributed by atoms with Crippen LogP contribution in [0.2, 0.25) is 0 Å². The zero-order chi connectivity index (χ0) is 39.4. The number of ether oxygens (including phenoxy) is 1. The molecule has 10 nitrogen and oxygen atoms in total. The first-order valence-electron chi connectivity index (χ1n) is 19.5. The summed E-state index contributed by atoms with van der Waals surface area (Å²) < 4.78 is 46.3. The topological polar surface area (TPSA) is 93.7 Å². The minimum Gasteiger partial charge on any atom is -0.447 e. The molecule has 4 heterocycles. The second-order valence-corrected chi connectivity index (χ2v) is 15.2. The van der Waals surface area contributed by atoms with Gasteiger partial charge in [0.2, 0.25) is 17.7 Å². The number of β-lactam (4-membered cyclic amide) rings is 1. The summed E-state index contributed by atoms with van der Waals surface area (Å²) in [5.74, 6) is -1.39. The molecule has 3 aromatic rings. The number of carbonyl (C=O) groups is 4. The third kappa shape index (κ3) is 8.47. The van der Waals surface area contributed by atoms with Gasteiger partial charge in [0.05, 0.1) is 24.1 Å². The number of rotatable bonds is 11. The van der Waals surface area contributed by atoms with Crippen molar-refractivity contribution in [3.05, 3.63) is 113 Å². The number of alkyl halides is 3. The molecule has 3 unspecified atom stereocenters. The highest BCUT2D eigenvalue weighted by atomic mass is 19.4. The predicted octanol–water partition coefficient (Wildman–Crippen LogP) is 6.39. The zero-order valence-electron chi connectivity index (χ0n) is 31.5. The Hall–Kier alpha value is -5.17. The molecule has 4 fully saturated rings. The van der Waals surface area contributed by atoms with Crippen molar-refractivity contribution in [2.75, 3.05) is 39.8 Å². The number of hydrogen-bond acceptors (Lipinski definition) is 6. The predicted molar refractivity (Wildman–Crippen MR) is 204 cm³/mol. The Kier molecular flexibility index (Phi) is 11.8. The number of cyclic esters (lactones) is 1. The zero-order valence-corrected chi connectivity index (χ0v) is 31.5. The molecular weight excluding hydrogens is 723 g/mol. The quantitative estimate of drug-likeness (QED) is 0.210. The van der Waals surface area contributed by atoms with Gasteiger partial charge in [0.1, 0.15) is 18.7 Å². The number of likely N-dealkylation sites (N-methyl/N-ethyl adjacent to an activating group) is 1. The van der Waals surface area contributed by atoms with Crippen LogP contribution in [0.5, 0.6) is 0 Å². The molecule has 4 aliphatic heterocycles. The van der Waals surface area contributed by atoms with Gasteiger partial charge >= 0.3 is 12.3 Å². The highest BCUT2D eigenvalue weighted by Gasteiger charge is 2.58. The molecule has 4 atom stereocenters. The van der Waals surface area contributed by atoms with Crippen molar-refractivity contribution in [3.63, 3.8) is 0 Å².